The normalized spacial score (nSPS) is 17.2. The van der Waals surface area contributed by atoms with Gasteiger partial charge in [-0.3, -0.25) is 0 Å². The fourth-order valence-corrected chi connectivity index (χ4v) is 3.02. The van der Waals surface area contributed by atoms with Gasteiger partial charge in [0.25, 0.3) is 0 Å². The number of halogens is 1. The molecule has 0 aliphatic carbocycles. The van der Waals surface area contributed by atoms with E-state index >= 15 is 0 Å². The second-order valence-electron chi connectivity index (χ2n) is 6.04. The number of nitrogens with one attached hydrogen (secondary N) is 1. The minimum Gasteiger partial charge on any atom is -0.457 e. The number of hydrogen-bond acceptors (Lipinski definition) is 3. The number of carbonyl (C=O) groups is 1. The highest BCUT2D eigenvalue weighted by Gasteiger charge is 2.25. The number of amides is 2. The summed E-state index contributed by atoms with van der Waals surface area (Å²) in [4.78, 5) is 14.1. The molecule has 3 rings (SSSR count). The average Bonchev–Trinajstić information content (AvgIpc) is 2.65. The van der Waals surface area contributed by atoms with E-state index in [4.69, 9.17) is 16.3 Å². The topological polar surface area (TPSA) is 61.8 Å². The molecule has 0 bridgehead atoms. The second-order valence-corrected chi connectivity index (χ2v) is 6.47. The lowest BCUT2D eigenvalue weighted by Crippen LogP contribution is -2.47. The Balaban J connectivity index is 1.60. The van der Waals surface area contributed by atoms with Crippen LogP contribution in [0.3, 0.4) is 0 Å². The first-order valence-electron chi connectivity index (χ1n) is 8.37. The van der Waals surface area contributed by atoms with Crippen LogP contribution in [0.4, 0.5) is 10.5 Å². The van der Waals surface area contributed by atoms with Crippen molar-refractivity contribution in [1.29, 1.82) is 0 Å². The molecule has 2 aromatic carbocycles. The monoisotopic (exact) mass is 360 g/mol. The SMILES string of the molecule is O=C(Nc1ccc(Oc2ccc(Cl)cc2)cc1)N1CCCC[C@H]1CO. The van der Waals surface area contributed by atoms with Gasteiger partial charge in [0, 0.05) is 17.3 Å². The Labute approximate surface area is 152 Å². The fraction of sp³-hybridized carbons (Fsp3) is 0.316. The Morgan fingerprint density at radius 1 is 1.12 bits per heavy atom. The number of aliphatic hydroxyl groups is 1. The number of rotatable bonds is 4. The predicted molar refractivity (Wildman–Crippen MR) is 98.4 cm³/mol. The quantitative estimate of drug-likeness (QED) is 0.843. The summed E-state index contributed by atoms with van der Waals surface area (Å²) in [5, 5.41) is 13.0. The summed E-state index contributed by atoms with van der Waals surface area (Å²) in [6, 6.07) is 14.0. The first kappa shape index (κ1) is 17.6. The third kappa shape index (κ3) is 4.65. The van der Waals surface area contributed by atoms with Crippen molar-refractivity contribution in [2.75, 3.05) is 18.5 Å². The molecule has 1 aliphatic heterocycles. The van der Waals surface area contributed by atoms with Crippen molar-refractivity contribution in [2.45, 2.75) is 25.3 Å². The molecule has 1 heterocycles. The molecule has 0 saturated carbocycles. The zero-order valence-electron chi connectivity index (χ0n) is 13.8. The first-order chi connectivity index (χ1) is 12.2. The molecule has 2 N–H and O–H groups in total. The molecule has 132 valence electrons. The highest BCUT2D eigenvalue weighted by molar-refractivity contribution is 6.30. The van der Waals surface area contributed by atoms with Crippen LogP contribution in [0, 0.1) is 0 Å². The standard InChI is InChI=1S/C19H21ClN2O3/c20-14-4-8-17(9-5-14)25-18-10-6-15(7-11-18)21-19(24)22-12-2-1-3-16(22)13-23/h4-11,16,23H,1-3,12-13H2,(H,21,24)/t16-/m0/s1. The molecular weight excluding hydrogens is 340 g/mol. The van der Waals surface area contributed by atoms with Gasteiger partial charge in [0.15, 0.2) is 0 Å². The van der Waals surface area contributed by atoms with Gasteiger partial charge in [-0.05, 0) is 67.8 Å². The van der Waals surface area contributed by atoms with Crippen molar-refractivity contribution in [2.24, 2.45) is 0 Å². The number of carbonyl (C=O) groups excluding carboxylic acids is 1. The molecule has 6 heteroatoms. The van der Waals surface area contributed by atoms with Crippen molar-refractivity contribution >= 4 is 23.3 Å². The van der Waals surface area contributed by atoms with Crippen LogP contribution in [0.5, 0.6) is 11.5 Å². The van der Waals surface area contributed by atoms with Crippen molar-refractivity contribution in [3.63, 3.8) is 0 Å². The number of nitrogens with zero attached hydrogens (tertiary/aromatic N) is 1. The molecule has 2 aromatic rings. The number of aliphatic hydroxyl groups excluding tert-OH is 1. The van der Waals surface area contributed by atoms with E-state index in [2.05, 4.69) is 5.32 Å². The molecule has 0 aromatic heterocycles. The van der Waals surface area contributed by atoms with Crippen LogP contribution in [0.1, 0.15) is 19.3 Å². The molecule has 0 radical (unpaired) electrons. The van der Waals surface area contributed by atoms with Crippen molar-refractivity contribution < 1.29 is 14.6 Å². The molecular formula is C19H21ClN2O3. The molecule has 5 nitrogen and oxygen atoms in total. The maximum absolute atomic E-state index is 12.4. The zero-order chi connectivity index (χ0) is 17.6. The van der Waals surface area contributed by atoms with Crippen LogP contribution in [0.15, 0.2) is 48.5 Å². The maximum Gasteiger partial charge on any atom is 0.322 e. The minimum atomic E-state index is -0.176. The predicted octanol–water partition coefficient (Wildman–Crippen LogP) is 4.51. The number of ether oxygens (including phenoxy) is 1. The third-order valence-corrected chi connectivity index (χ3v) is 4.51. The largest absolute Gasteiger partial charge is 0.457 e. The van der Waals surface area contributed by atoms with Gasteiger partial charge in [-0.2, -0.15) is 0 Å². The Morgan fingerprint density at radius 3 is 2.40 bits per heavy atom. The summed E-state index contributed by atoms with van der Waals surface area (Å²) in [5.74, 6) is 1.37. The molecule has 1 aliphatic rings. The van der Waals surface area contributed by atoms with Gasteiger partial charge in [-0.25, -0.2) is 4.79 Å². The van der Waals surface area contributed by atoms with E-state index in [1.165, 1.54) is 0 Å². The maximum atomic E-state index is 12.4. The minimum absolute atomic E-state index is 0.00128. The molecule has 2 amide bonds. The zero-order valence-corrected chi connectivity index (χ0v) is 14.6. The number of piperidine rings is 1. The van der Waals surface area contributed by atoms with E-state index in [1.807, 2.05) is 0 Å². The Kier molecular flexibility index (Phi) is 5.79. The lowest BCUT2D eigenvalue weighted by atomic mass is 10.0. The summed E-state index contributed by atoms with van der Waals surface area (Å²) in [7, 11) is 0. The number of hydrogen-bond donors (Lipinski definition) is 2. The second kappa shape index (κ2) is 8.23. The van der Waals surface area contributed by atoms with Crippen LogP contribution in [-0.4, -0.2) is 35.2 Å². The van der Waals surface area contributed by atoms with Gasteiger partial charge in [0.05, 0.1) is 12.6 Å². The fourth-order valence-electron chi connectivity index (χ4n) is 2.90. The summed E-state index contributed by atoms with van der Waals surface area (Å²) in [5.41, 5.74) is 0.690. The highest BCUT2D eigenvalue weighted by atomic mass is 35.5. The van der Waals surface area contributed by atoms with Gasteiger partial charge in [-0.1, -0.05) is 11.6 Å². The van der Waals surface area contributed by atoms with Gasteiger partial charge in [0.2, 0.25) is 0 Å². The van der Waals surface area contributed by atoms with E-state index in [1.54, 1.807) is 53.4 Å². The smallest absolute Gasteiger partial charge is 0.322 e. The van der Waals surface area contributed by atoms with E-state index in [0.29, 0.717) is 28.8 Å². The van der Waals surface area contributed by atoms with Crippen molar-refractivity contribution in [1.82, 2.24) is 4.90 Å². The van der Waals surface area contributed by atoms with Crippen molar-refractivity contribution in [3.8, 4) is 11.5 Å². The average molecular weight is 361 g/mol. The molecule has 1 atom stereocenters. The Bertz CT molecular complexity index is 704. The number of likely N-dealkylation sites (tertiary alicyclic amines) is 1. The lowest BCUT2D eigenvalue weighted by molar-refractivity contribution is 0.115. The van der Waals surface area contributed by atoms with Crippen LogP contribution in [-0.2, 0) is 0 Å². The van der Waals surface area contributed by atoms with Crippen molar-refractivity contribution in [3.05, 3.63) is 53.6 Å². The summed E-state index contributed by atoms with van der Waals surface area (Å²) in [6.45, 7) is 0.677. The van der Waals surface area contributed by atoms with E-state index in [-0.39, 0.29) is 18.7 Å². The van der Waals surface area contributed by atoms with Gasteiger partial charge >= 0.3 is 6.03 Å². The van der Waals surface area contributed by atoms with Crippen LogP contribution in [0.25, 0.3) is 0 Å². The van der Waals surface area contributed by atoms with Gasteiger partial charge in [0.1, 0.15) is 11.5 Å². The van der Waals surface area contributed by atoms with Crippen LogP contribution >= 0.6 is 11.6 Å². The number of urea groups is 1. The summed E-state index contributed by atoms with van der Waals surface area (Å²) in [6.07, 6.45) is 2.86. The lowest BCUT2D eigenvalue weighted by Gasteiger charge is -2.34. The van der Waals surface area contributed by atoms with Gasteiger partial charge < -0.3 is 20.1 Å². The summed E-state index contributed by atoms with van der Waals surface area (Å²) >= 11 is 5.85. The molecule has 1 saturated heterocycles. The number of benzene rings is 2. The van der Waals surface area contributed by atoms with E-state index < -0.39 is 0 Å². The molecule has 0 unspecified atom stereocenters. The first-order valence-corrected chi connectivity index (χ1v) is 8.75. The van der Waals surface area contributed by atoms with E-state index in [0.717, 1.165) is 19.3 Å². The Morgan fingerprint density at radius 2 is 1.76 bits per heavy atom. The molecule has 1 fully saturated rings. The third-order valence-electron chi connectivity index (χ3n) is 4.25. The molecule has 25 heavy (non-hydrogen) atoms. The van der Waals surface area contributed by atoms with Gasteiger partial charge in [-0.15, -0.1) is 0 Å². The van der Waals surface area contributed by atoms with Crippen LogP contribution in [0.2, 0.25) is 5.02 Å². The van der Waals surface area contributed by atoms with E-state index in [9.17, 15) is 9.90 Å². The highest BCUT2D eigenvalue weighted by Crippen LogP contribution is 2.25. The number of anilines is 1. The molecule has 0 spiro atoms. The Hall–Kier alpha value is -2.24. The summed E-state index contributed by atoms with van der Waals surface area (Å²) < 4.78 is 5.73. The van der Waals surface area contributed by atoms with Crippen LogP contribution < -0.4 is 10.1 Å².